The van der Waals surface area contributed by atoms with Gasteiger partial charge in [0, 0.05) is 28.3 Å². The van der Waals surface area contributed by atoms with Gasteiger partial charge >= 0.3 is 0 Å². The number of aromatic nitrogens is 1. The second-order valence-electron chi connectivity index (χ2n) is 4.40. The molecule has 19 heavy (non-hydrogen) atoms. The number of hydrogen-bond donors (Lipinski definition) is 2. The highest BCUT2D eigenvalue weighted by Gasteiger charge is 2.24. The third kappa shape index (κ3) is 3.98. The Bertz CT molecular complexity index is 464. The number of carbonyl (C=O) groups excluding carboxylic acids is 1. The molecule has 0 radical (unpaired) electrons. The number of primary amides is 1. The third-order valence-electron chi connectivity index (χ3n) is 2.97. The number of carbonyl (C=O) groups is 1. The number of pyridine rings is 1. The van der Waals surface area contributed by atoms with E-state index in [9.17, 15) is 4.79 Å². The van der Waals surface area contributed by atoms with Gasteiger partial charge in [0.1, 0.15) is 6.04 Å². The Hall–Kier alpha value is -0.500. The fourth-order valence-electron chi connectivity index (χ4n) is 2.02. The number of amides is 1. The molecule has 0 bridgehead atoms. The summed E-state index contributed by atoms with van der Waals surface area (Å²) in [6.07, 6.45) is 3.86. The van der Waals surface area contributed by atoms with Crippen molar-refractivity contribution in [3.63, 3.8) is 0 Å². The summed E-state index contributed by atoms with van der Waals surface area (Å²) in [6, 6.07) is 1.22. The van der Waals surface area contributed by atoms with Crippen molar-refractivity contribution in [1.29, 1.82) is 0 Å². The number of nitrogens with one attached hydrogen (secondary N) is 1. The molecule has 3 N–H and O–H groups in total. The molecule has 2 rings (SSSR count). The number of ether oxygens (including phenoxy) is 1. The van der Waals surface area contributed by atoms with E-state index < -0.39 is 11.9 Å². The summed E-state index contributed by atoms with van der Waals surface area (Å²) in [5, 5.41) is 3.13. The Morgan fingerprint density at radius 2 is 2.42 bits per heavy atom. The quantitative estimate of drug-likeness (QED) is 0.802. The van der Waals surface area contributed by atoms with Crippen LogP contribution < -0.4 is 11.1 Å². The van der Waals surface area contributed by atoms with E-state index in [2.05, 4.69) is 42.2 Å². The van der Waals surface area contributed by atoms with Crippen molar-refractivity contribution in [1.82, 2.24) is 10.3 Å². The number of hydrogen-bond acceptors (Lipinski definition) is 4. The summed E-state index contributed by atoms with van der Waals surface area (Å²) >= 11 is 6.72. The first-order valence-corrected chi connectivity index (χ1v) is 7.62. The number of rotatable bonds is 5. The minimum absolute atomic E-state index is 0.149. The second kappa shape index (κ2) is 6.78. The SMILES string of the molecule is NC(=O)C(NCC1CCCO1)c1ncc(Br)cc1Br. The average molecular weight is 393 g/mol. The van der Waals surface area contributed by atoms with E-state index in [0.29, 0.717) is 12.2 Å². The normalized spacial score (nSPS) is 20.4. The van der Waals surface area contributed by atoms with Gasteiger partial charge in [-0.05, 0) is 50.8 Å². The summed E-state index contributed by atoms with van der Waals surface area (Å²) in [4.78, 5) is 15.8. The van der Waals surface area contributed by atoms with Crippen LogP contribution in [0.25, 0.3) is 0 Å². The van der Waals surface area contributed by atoms with Gasteiger partial charge in [0.05, 0.1) is 11.8 Å². The molecule has 1 aromatic heterocycles. The zero-order valence-electron chi connectivity index (χ0n) is 10.2. The van der Waals surface area contributed by atoms with E-state index in [1.807, 2.05) is 6.07 Å². The maximum atomic E-state index is 11.6. The predicted octanol–water partition coefficient (Wildman–Crippen LogP) is 1.90. The summed E-state index contributed by atoms with van der Waals surface area (Å²) in [6.45, 7) is 1.38. The van der Waals surface area contributed by atoms with Gasteiger partial charge in [-0.25, -0.2) is 0 Å². The Labute approximate surface area is 128 Å². The monoisotopic (exact) mass is 391 g/mol. The van der Waals surface area contributed by atoms with Crippen LogP contribution in [0, 0.1) is 0 Å². The van der Waals surface area contributed by atoms with Crippen LogP contribution in [0.15, 0.2) is 21.2 Å². The minimum atomic E-state index is -0.619. The minimum Gasteiger partial charge on any atom is -0.377 e. The van der Waals surface area contributed by atoms with Crippen molar-refractivity contribution in [3.8, 4) is 0 Å². The predicted molar refractivity (Wildman–Crippen MR) is 78.5 cm³/mol. The molecule has 1 saturated heterocycles. The molecule has 7 heteroatoms. The number of halogens is 2. The molecule has 104 valence electrons. The van der Waals surface area contributed by atoms with E-state index in [4.69, 9.17) is 10.5 Å². The standard InChI is InChI=1S/C12H15Br2N3O2/c13-7-4-9(14)10(16-5-7)11(12(15)18)17-6-8-2-1-3-19-8/h4-5,8,11,17H,1-3,6H2,(H2,15,18). The van der Waals surface area contributed by atoms with Crippen molar-refractivity contribution in [2.75, 3.05) is 13.2 Å². The fourth-order valence-corrected chi connectivity index (χ4v) is 3.24. The smallest absolute Gasteiger partial charge is 0.240 e. The lowest BCUT2D eigenvalue weighted by molar-refractivity contribution is -0.120. The Morgan fingerprint density at radius 1 is 1.63 bits per heavy atom. The van der Waals surface area contributed by atoms with E-state index in [1.165, 1.54) is 0 Å². The molecular weight excluding hydrogens is 378 g/mol. The van der Waals surface area contributed by atoms with Crippen LogP contribution in [-0.2, 0) is 9.53 Å². The summed E-state index contributed by atoms with van der Waals surface area (Å²) in [5.41, 5.74) is 6.04. The summed E-state index contributed by atoms with van der Waals surface area (Å²) in [5.74, 6) is -0.450. The van der Waals surface area contributed by atoms with Crippen LogP contribution in [0.3, 0.4) is 0 Å². The van der Waals surface area contributed by atoms with Gasteiger partial charge in [0.25, 0.3) is 0 Å². The molecular formula is C12H15Br2N3O2. The van der Waals surface area contributed by atoms with Crippen LogP contribution in [-0.4, -0.2) is 30.1 Å². The summed E-state index contributed by atoms with van der Waals surface area (Å²) in [7, 11) is 0. The van der Waals surface area contributed by atoms with Gasteiger partial charge in [-0.3, -0.25) is 15.1 Å². The van der Waals surface area contributed by atoms with Crippen molar-refractivity contribution in [3.05, 3.63) is 26.9 Å². The highest BCUT2D eigenvalue weighted by Crippen LogP contribution is 2.25. The lowest BCUT2D eigenvalue weighted by Crippen LogP contribution is -2.38. The molecule has 2 unspecified atom stereocenters. The summed E-state index contributed by atoms with van der Waals surface area (Å²) < 4.78 is 7.09. The molecule has 0 spiro atoms. The highest BCUT2D eigenvalue weighted by molar-refractivity contribution is 9.11. The lowest BCUT2D eigenvalue weighted by atomic mass is 10.1. The Kier molecular flexibility index (Phi) is 5.32. The highest BCUT2D eigenvalue weighted by atomic mass is 79.9. The first-order valence-electron chi connectivity index (χ1n) is 6.03. The third-order valence-corrected chi connectivity index (χ3v) is 4.04. The zero-order chi connectivity index (χ0) is 13.8. The first-order chi connectivity index (χ1) is 9.08. The first kappa shape index (κ1) is 14.9. The maximum Gasteiger partial charge on any atom is 0.240 e. The molecule has 1 fully saturated rings. The molecule has 2 atom stereocenters. The van der Waals surface area contributed by atoms with Crippen LogP contribution in [0.5, 0.6) is 0 Å². The van der Waals surface area contributed by atoms with Gasteiger partial charge < -0.3 is 10.5 Å². The topological polar surface area (TPSA) is 77.2 Å². The molecule has 5 nitrogen and oxygen atoms in total. The maximum absolute atomic E-state index is 11.6. The molecule has 0 saturated carbocycles. The lowest BCUT2D eigenvalue weighted by Gasteiger charge is -2.18. The van der Waals surface area contributed by atoms with Gasteiger partial charge in [0.2, 0.25) is 5.91 Å². The largest absolute Gasteiger partial charge is 0.377 e. The van der Waals surface area contributed by atoms with Crippen LogP contribution in [0.2, 0.25) is 0 Å². The van der Waals surface area contributed by atoms with E-state index in [-0.39, 0.29) is 6.10 Å². The van der Waals surface area contributed by atoms with Crippen molar-refractivity contribution >= 4 is 37.8 Å². The molecule has 1 aliphatic rings. The Balaban J connectivity index is 2.08. The molecule has 0 aromatic carbocycles. The molecule has 1 aromatic rings. The van der Waals surface area contributed by atoms with Crippen molar-refractivity contribution in [2.24, 2.45) is 5.73 Å². The fraction of sp³-hybridized carbons (Fsp3) is 0.500. The molecule has 2 heterocycles. The number of nitrogens with two attached hydrogens (primary N) is 1. The van der Waals surface area contributed by atoms with Crippen LogP contribution in [0.4, 0.5) is 0 Å². The van der Waals surface area contributed by atoms with Gasteiger partial charge in [-0.1, -0.05) is 0 Å². The van der Waals surface area contributed by atoms with Gasteiger partial charge in [-0.15, -0.1) is 0 Å². The molecule has 1 amide bonds. The van der Waals surface area contributed by atoms with E-state index in [0.717, 1.165) is 28.4 Å². The second-order valence-corrected chi connectivity index (χ2v) is 6.17. The average Bonchev–Trinajstić information content (AvgIpc) is 2.84. The van der Waals surface area contributed by atoms with Crippen molar-refractivity contribution < 1.29 is 9.53 Å². The van der Waals surface area contributed by atoms with Crippen LogP contribution >= 0.6 is 31.9 Å². The van der Waals surface area contributed by atoms with Gasteiger partial charge in [0.15, 0.2) is 0 Å². The molecule has 0 aliphatic carbocycles. The van der Waals surface area contributed by atoms with E-state index in [1.54, 1.807) is 6.20 Å². The Morgan fingerprint density at radius 3 is 3.00 bits per heavy atom. The van der Waals surface area contributed by atoms with Gasteiger partial charge in [-0.2, -0.15) is 0 Å². The number of nitrogens with zero attached hydrogens (tertiary/aromatic N) is 1. The van der Waals surface area contributed by atoms with Crippen molar-refractivity contribution in [2.45, 2.75) is 25.0 Å². The zero-order valence-corrected chi connectivity index (χ0v) is 13.4. The molecule has 1 aliphatic heterocycles. The van der Waals surface area contributed by atoms with Crippen LogP contribution in [0.1, 0.15) is 24.6 Å². The van der Waals surface area contributed by atoms with E-state index >= 15 is 0 Å².